The summed E-state index contributed by atoms with van der Waals surface area (Å²) >= 11 is 0. The maximum Gasteiger partial charge on any atom is 0.119 e. The van der Waals surface area contributed by atoms with Crippen molar-refractivity contribution < 1.29 is 4.74 Å². The van der Waals surface area contributed by atoms with Crippen LogP contribution in [0.4, 0.5) is 0 Å². The minimum absolute atomic E-state index is 0.278. The molecule has 2 rings (SSSR count). The molecule has 2 nitrogen and oxygen atoms in total. The van der Waals surface area contributed by atoms with Crippen molar-refractivity contribution in [3.05, 3.63) is 48.3 Å². The van der Waals surface area contributed by atoms with Crippen molar-refractivity contribution in [1.82, 2.24) is 4.98 Å². The van der Waals surface area contributed by atoms with Crippen molar-refractivity contribution in [2.24, 2.45) is 0 Å². The molecule has 0 aliphatic heterocycles. The van der Waals surface area contributed by atoms with E-state index in [9.17, 15) is 0 Å². The Kier molecular flexibility index (Phi) is 13.0. The van der Waals surface area contributed by atoms with Crippen molar-refractivity contribution in [3.63, 3.8) is 0 Å². The van der Waals surface area contributed by atoms with Crippen LogP contribution in [0.2, 0.25) is 0 Å². The van der Waals surface area contributed by atoms with E-state index < -0.39 is 0 Å². The van der Waals surface area contributed by atoms with E-state index in [2.05, 4.69) is 57.2 Å². The van der Waals surface area contributed by atoms with Crippen LogP contribution in [-0.4, -0.2) is 11.1 Å². The predicted molar refractivity (Wildman–Crippen MR) is 135 cm³/mol. The van der Waals surface area contributed by atoms with Crippen LogP contribution in [0.5, 0.6) is 5.75 Å². The van der Waals surface area contributed by atoms with E-state index >= 15 is 0 Å². The number of rotatable bonds is 17. The second kappa shape index (κ2) is 15.9. The summed E-state index contributed by atoms with van der Waals surface area (Å²) in [4.78, 5) is 4.70. The highest BCUT2D eigenvalue weighted by molar-refractivity contribution is 5.63. The van der Waals surface area contributed by atoms with Crippen LogP contribution < -0.4 is 4.74 Å². The summed E-state index contributed by atoms with van der Waals surface area (Å²) in [6, 6.07) is 12.9. The first kappa shape index (κ1) is 25.4. The van der Waals surface area contributed by atoms with Gasteiger partial charge < -0.3 is 4.74 Å². The van der Waals surface area contributed by atoms with Crippen LogP contribution in [0.1, 0.15) is 110 Å². The first-order valence-electron chi connectivity index (χ1n) is 12.9. The van der Waals surface area contributed by atoms with Crippen molar-refractivity contribution in [2.45, 2.75) is 117 Å². The van der Waals surface area contributed by atoms with Gasteiger partial charge in [-0.25, -0.2) is 0 Å². The molecule has 0 fully saturated rings. The first-order chi connectivity index (χ1) is 15.2. The van der Waals surface area contributed by atoms with Crippen LogP contribution in [0.3, 0.4) is 0 Å². The normalized spacial score (nSPS) is 12.1. The lowest BCUT2D eigenvalue weighted by Crippen LogP contribution is -2.11. The van der Waals surface area contributed by atoms with E-state index in [4.69, 9.17) is 9.72 Å². The van der Waals surface area contributed by atoms with E-state index in [1.807, 2.05) is 6.20 Å². The smallest absolute Gasteiger partial charge is 0.119 e. The topological polar surface area (TPSA) is 22.1 Å². The molecule has 2 aromatic rings. The van der Waals surface area contributed by atoms with E-state index in [-0.39, 0.29) is 6.10 Å². The fourth-order valence-corrected chi connectivity index (χ4v) is 4.06. The summed E-state index contributed by atoms with van der Waals surface area (Å²) in [5, 5.41) is 0. The lowest BCUT2D eigenvalue weighted by molar-refractivity contribution is 0.206. The highest BCUT2D eigenvalue weighted by Gasteiger charge is 2.05. The van der Waals surface area contributed by atoms with Crippen LogP contribution in [0, 0.1) is 0 Å². The summed E-state index contributed by atoms with van der Waals surface area (Å²) in [6.07, 6.45) is 20.6. The zero-order chi connectivity index (χ0) is 22.2. The number of benzene rings is 1. The first-order valence-corrected chi connectivity index (χ1v) is 12.9. The van der Waals surface area contributed by atoms with Gasteiger partial charge in [-0.2, -0.15) is 0 Å². The van der Waals surface area contributed by atoms with Gasteiger partial charge in [-0.1, -0.05) is 96.3 Å². The van der Waals surface area contributed by atoms with Gasteiger partial charge in [-0.15, -0.1) is 0 Å². The summed E-state index contributed by atoms with van der Waals surface area (Å²) in [7, 11) is 0. The molecular formula is C29H45NO. The number of hydrogen-bond donors (Lipinski definition) is 0. The van der Waals surface area contributed by atoms with Gasteiger partial charge in [0.25, 0.3) is 0 Å². The van der Waals surface area contributed by atoms with Crippen molar-refractivity contribution in [3.8, 4) is 16.9 Å². The maximum absolute atomic E-state index is 6.08. The molecule has 172 valence electrons. The quantitative estimate of drug-likeness (QED) is 0.237. The molecule has 0 radical (unpaired) electrons. The molecule has 0 saturated carbocycles. The summed E-state index contributed by atoms with van der Waals surface area (Å²) in [6.45, 7) is 6.70. The summed E-state index contributed by atoms with van der Waals surface area (Å²) < 4.78 is 6.08. The van der Waals surface area contributed by atoms with Crippen LogP contribution in [0.15, 0.2) is 42.6 Å². The Labute approximate surface area is 191 Å². The zero-order valence-electron chi connectivity index (χ0n) is 20.4. The van der Waals surface area contributed by atoms with Gasteiger partial charge in [0.05, 0.1) is 6.10 Å². The fraction of sp³-hybridized carbons (Fsp3) is 0.621. The monoisotopic (exact) mass is 423 g/mol. The SMILES string of the molecule is CCCCCCCCCCc1ccc(-c2ccc(O[C@H](C)CCCCCC)cc2)cn1. The third kappa shape index (κ3) is 10.8. The standard InChI is InChI=1S/C29H45NO/c1-4-6-8-10-11-12-13-15-17-28-21-18-27(24-30-28)26-19-22-29(23-20-26)31-25(3)16-14-9-7-5-2/h18-25H,4-17H2,1-3H3/t25-/m1/s1. The molecule has 31 heavy (non-hydrogen) atoms. The minimum atomic E-state index is 0.278. The number of nitrogens with zero attached hydrogens (tertiary/aromatic N) is 1. The summed E-state index contributed by atoms with van der Waals surface area (Å²) in [5.41, 5.74) is 3.60. The van der Waals surface area contributed by atoms with Gasteiger partial charge in [-0.3, -0.25) is 4.98 Å². The Morgan fingerprint density at radius 2 is 1.26 bits per heavy atom. The molecule has 1 aromatic heterocycles. The lowest BCUT2D eigenvalue weighted by atomic mass is 10.0. The molecule has 1 aromatic carbocycles. The number of hydrogen-bond acceptors (Lipinski definition) is 2. The van der Waals surface area contributed by atoms with Crippen LogP contribution in [0.25, 0.3) is 11.1 Å². The van der Waals surface area contributed by atoms with Gasteiger partial charge in [0.1, 0.15) is 5.75 Å². The highest BCUT2D eigenvalue weighted by Crippen LogP contribution is 2.23. The highest BCUT2D eigenvalue weighted by atomic mass is 16.5. The number of aromatic nitrogens is 1. The molecule has 0 N–H and O–H groups in total. The molecular weight excluding hydrogens is 378 g/mol. The molecule has 1 atom stereocenters. The van der Waals surface area contributed by atoms with Crippen molar-refractivity contribution in [1.29, 1.82) is 0 Å². The predicted octanol–water partition coefficient (Wildman–Crippen LogP) is 9.17. The Hall–Kier alpha value is -1.83. The fourth-order valence-electron chi connectivity index (χ4n) is 4.06. The Morgan fingerprint density at radius 1 is 0.677 bits per heavy atom. The number of aryl methyl sites for hydroxylation is 1. The minimum Gasteiger partial charge on any atom is -0.491 e. The van der Waals surface area contributed by atoms with Gasteiger partial charge in [-0.05, 0) is 56.4 Å². The molecule has 0 spiro atoms. The van der Waals surface area contributed by atoms with Gasteiger partial charge in [0.15, 0.2) is 0 Å². The van der Waals surface area contributed by atoms with Crippen molar-refractivity contribution >= 4 is 0 Å². The van der Waals surface area contributed by atoms with E-state index in [1.165, 1.54) is 93.9 Å². The van der Waals surface area contributed by atoms with Crippen LogP contribution in [-0.2, 0) is 6.42 Å². The average Bonchev–Trinajstić information content (AvgIpc) is 2.79. The van der Waals surface area contributed by atoms with Gasteiger partial charge >= 0.3 is 0 Å². The van der Waals surface area contributed by atoms with E-state index in [1.54, 1.807) is 0 Å². The Morgan fingerprint density at radius 3 is 1.87 bits per heavy atom. The number of pyridine rings is 1. The second-order valence-electron chi connectivity index (χ2n) is 9.07. The average molecular weight is 424 g/mol. The molecule has 0 unspecified atom stereocenters. The van der Waals surface area contributed by atoms with Crippen LogP contribution >= 0.6 is 0 Å². The lowest BCUT2D eigenvalue weighted by Gasteiger charge is -2.15. The zero-order valence-corrected chi connectivity index (χ0v) is 20.4. The molecule has 0 aliphatic carbocycles. The maximum atomic E-state index is 6.08. The van der Waals surface area contributed by atoms with E-state index in [0.29, 0.717) is 0 Å². The van der Waals surface area contributed by atoms with E-state index in [0.717, 1.165) is 18.6 Å². The molecule has 0 amide bonds. The number of unbranched alkanes of at least 4 members (excludes halogenated alkanes) is 10. The number of ether oxygens (including phenoxy) is 1. The van der Waals surface area contributed by atoms with Gasteiger partial charge in [0, 0.05) is 17.5 Å². The third-order valence-corrected chi connectivity index (χ3v) is 6.10. The third-order valence-electron chi connectivity index (χ3n) is 6.10. The summed E-state index contributed by atoms with van der Waals surface area (Å²) in [5.74, 6) is 0.964. The molecule has 0 saturated heterocycles. The van der Waals surface area contributed by atoms with Gasteiger partial charge in [0.2, 0.25) is 0 Å². The molecule has 1 heterocycles. The Balaban J connectivity index is 1.69. The molecule has 0 bridgehead atoms. The largest absolute Gasteiger partial charge is 0.491 e. The second-order valence-corrected chi connectivity index (χ2v) is 9.07. The molecule has 2 heteroatoms. The molecule has 0 aliphatic rings. The Bertz CT molecular complexity index is 677. The van der Waals surface area contributed by atoms with Crippen molar-refractivity contribution in [2.75, 3.05) is 0 Å².